The van der Waals surface area contributed by atoms with Crippen molar-refractivity contribution in [2.24, 2.45) is 0 Å². The van der Waals surface area contributed by atoms with E-state index in [0.717, 1.165) is 56.8 Å². The molecule has 0 saturated carbocycles. The summed E-state index contributed by atoms with van der Waals surface area (Å²) in [7, 11) is 0. The zero-order valence-corrected chi connectivity index (χ0v) is 32.2. The van der Waals surface area contributed by atoms with Gasteiger partial charge in [-0.25, -0.2) is 4.68 Å². The predicted octanol–water partition coefficient (Wildman–Crippen LogP) is 8.80. The zero-order valence-electron chi connectivity index (χ0n) is 30.7. The second kappa shape index (κ2) is 16.3. The van der Waals surface area contributed by atoms with E-state index in [4.69, 9.17) is 23.2 Å². The summed E-state index contributed by atoms with van der Waals surface area (Å²) in [5, 5.41) is 23.2. The molecule has 8 nitrogen and oxygen atoms in total. The molecule has 6 aromatic rings. The molecule has 1 amide bonds. The predicted molar refractivity (Wildman–Crippen MR) is 224 cm³/mol. The first kappa shape index (κ1) is 36.9. The normalized spacial score (nSPS) is 14.7. The third kappa shape index (κ3) is 7.58. The van der Waals surface area contributed by atoms with Crippen molar-refractivity contribution in [2.75, 3.05) is 10.6 Å². The quantitative estimate of drug-likeness (QED) is 0.157. The van der Waals surface area contributed by atoms with Crippen LogP contribution in [0.1, 0.15) is 68.2 Å². The summed E-state index contributed by atoms with van der Waals surface area (Å²) in [6, 6.07) is 30.9. The second-order valence-electron chi connectivity index (χ2n) is 14.0. The minimum atomic E-state index is -0.297. The first-order valence-corrected chi connectivity index (χ1v) is 19.4. The summed E-state index contributed by atoms with van der Waals surface area (Å²) in [4.78, 5) is 27.0. The highest BCUT2D eigenvalue weighted by molar-refractivity contribution is 6.34. The topological polar surface area (TPSA) is 102 Å². The maximum Gasteiger partial charge on any atom is 0.257 e. The third-order valence-corrected chi connectivity index (χ3v) is 11.1. The number of aryl methyl sites for hydroxylation is 2. The maximum absolute atomic E-state index is 14.2. The fraction of sp³-hybridized carbons (Fsp3) is 0.152. The van der Waals surface area contributed by atoms with Crippen LogP contribution in [0.15, 0.2) is 122 Å². The molecule has 1 unspecified atom stereocenters. The second-order valence-corrected chi connectivity index (χ2v) is 14.8. The van der Waals surface area contributed by atoms with Crippen LogP contribution in [0.2, 0.25) is 10.0 Å². The highest BCUT2D eigenvalue weighted by Gasteiger charge is 2.26. The molecule has 0 bridgehead atoms. The Bertz CT molecular complexity index is 2780. The average Bonchev–Trinajstić information content (AvgIpc) is 3.63. The molecule has 2 N–H and O–H groups in total. The van der Waals surface area contributed by atoms with E-state index >= 15 is 0 Å². The standard InChI is InChI=1S/C36H29Cl2N5O2.C10H9N/c1-21-18-23(40-36(45)30-6-2-3-10-32(30)37)12-13-24(21)35(44)29-9-4-8-27-26(29)14-15-28-25-7-5-11-33(38)31(25)19-22(34(27)28)16-17-43-20-39-41-42-43;1-2-7-10-9(5-1)6-3-4-8-11-10/h2-3,5-7,10-15,18-20,22H,4,8-9,16-17H2,1H3,(H,40,45);1-8,11H. The van der Waals surface area contributed by atoms with E-state index in [1.165, 1.54) is 21.9 Å². The number of fused-ring (bicyclic) bond motifs is 5. The first-order chi connectivity index (χ1) is 27.4. The van der Waals surface area contributed by atoms with E-state index in [0.29, 0.717) is 34.8 Å². The van der Waals surface area contributed by atoms with Crippen molar-refractivity contribution < 1.29 is 9.59 Å². The van der Waals surface area contributed by atoms with Crippen LogP contribution < -0.4 is 21.1 Å². The Kier molecular flexibility index (Phi) is 10.8. The fourth-order valence-corrected chi connectivity index (χ4v) is 8.28. The number of aromatic nitrogens is 4. The Hall–Kier alpha value is -6.09. The fourth-order valence-electron chi connectivity index (χ4n) is 7.82. The molecule has 56 heavy (non-hydrogen) atoms. The van der Waals surface area contributed by atoms with Gasteiger partial charge in [0.2, 0.25) is 0 Å². The number of anilines is 2. The van der Waals surface area contributed by atoms with Crippen molar-refractivity contribution in [2.45, 2.75) is 45.1 Å². The molecule has 1 atom stereocenters. The van der Waals surface area contributed by atoms with Crippen LogP contribution in [0.5, 0.6) is 0 Å². The molecule has 9 rings (SSSR count). The summed E-state index contributed by atoms with van der Waals surface area (Å²) < 4.78 is 1.75. The third-order valence-electron chi connectivity index (χ3n) is 10.5. The van der Waals surface area contributed by atoms with Gasteiger partial charge in [-0.15, -0.1) is 5.10 Å². The monoisotopic (exact) mass is 776 g/mol. The van der Waals surface area contributed by atoms with Crippen LogP contribution in [-0.2, 0) is 13.0 Å². The van der Waals surface area contributed by atoms with Gasteiger partial charge >= 0.3 is 0 Å². The number of Topliss-reactive ketones (excluding diaryl/α,β-unsaturated/α-hetero) is 1. The van der Waals surface area contributed by atoms with Crippen LogP contribution in [0.25, 0.3) is 17.7 Å². The number of rotatable bonds is 7. The molecule has 2 heterocycles. The summed E-state index contributed by atoms with van der Waals surface area (Å²) in [6.07, 6.45) is 15.2. The van der Waals surface area contributed by atoms with Gasteiger partial charge in [0.25, 0.3) is 5.91 Å². The van der Waals surface area contributed by atoms with E-state index < -0.39 is 0 Å². The number of allylic oxidation sites excluding steroid dienone is 2. The van der Waals surface area contributed by atoms with Crippen LogP contribution in [0.3, 0.4) is 0 Å². The molecule has 0 spiro atoms. The van der Waals surface area contributed by atoms with E-state index in [2.05, 4.69) is 68.6 Å². The largest absolute Gasteiger partial charge is 0.361 e. The molecule has 10 heteroatoms. The van der Waals surface area contributed by atoms with Crippen molar-refractivity contribution in [3.63, 3.8) is 0 Å². The van der Waals surface area contributed by atoms with Crippen LogP contribution in [-0.4, -0.2) is 31.9 Å². The number of benzene rings is 5. The number of hydrogen-bond donors (Lipinski definition) is 2. The number of para-hydroxylation sites is 1. The Morgan fingerprint density at radius 3 is 2.52 bits per heavy atom. The van der Waals surface area contributed by atoms with E-state index in [9.17, 15) is 9.59 Å². The van der Waals surface area contributed by atoms with Gasteiger partial charge in [0.15, 0.2) is 5.78 Å². The smallest absolute Gasteiger partial charge is 0.257 e. The summed E-state index contributed by atoms with van der Waals surface area (Å²) >= 11 is 12.9. The summed E-state index contributed by atoms with van der Waals surface area (Å²) in [6.45, 7) is 2.56. The number of carbonyl (C=O) groups is 2. The molecule has 0 fully saturated rings. The average molecular weight is 778 g/mol. The number of nitrogens with one attached hydrogen (secondary N) is 2. The van der Waals surface area contributed by atoms with Crippen LogP contribution in [0, 0.1) is 17.4 Å². The molecular weight excluding hydrogens is 739 g/mol. The summed E-state index contributed by atoms with van der Waals surface area (Å²) in [5.74, 6) is -0.191. The summed E-state index contributed by atoms with van der Waals surface area (Å²) in [5.41, 5.74) is 8.14. The molecule has 5 aromatic carbocycles. The van der Waals surface area contributed by atoms with Crippen molar-refractivity contribution >= 4 is 64.0 Å². The minimum absolute atomic E-state index is 0.0193. The lowest BCUT2D eigenvalue weighted by Crippen LogP contribution is -2.27. The molecule has 0 radical (unpaired) electrons. The number of nitrogens with zero attached hydrogens (tertiary/aromatic N) is 4. The molecule has 0 saturated heterocycles. The first-order valence-electron chi connectivity index (χ1n) is 18.6. The Balaban J connectivity index is 0.000000343. The van der Waals surface area contributed by atoms with Gasteiger partial charge in [-0.2, -0.15) is 0 Å². The van der Waals surface area contributed by atoms with Crippen LogP contribution >= 0.6 is 23.2 Å². The maximum atomic E-state index is 14.2. The van der Waals surface area contributed by atoms with E-state index in [-0.39, 0.29) is 17.6 Å². The number of halogens is 2. The molecule has 1 aromatic heterocycles. The van der Waals surface area contributed by atoms with Gasteiger partial charge < -0.3 is 10.6 Å². The molecule has 1 aliphatic heterocycles. The SMILES string of the molecule is C1=CNc2ccccc2C=C1.Cc1cc(NC(=O)c2ccccc2Cl)ccc1C(=O)C1=c2ccc3c(c2CCC1)C(CCn1cnnn1)C=c1c(Cl)cccc1=3. The lowest BCUT2D eigenvalue weighted by molar-refractivity contribution is 0.102. The number of ketones is 1. The van der Waals surface area contributed by atoms with Crippen molar-refractivity contribution in [1.82, 2.24) is 20.2 Å². The van der Waals surface area contributed by atoms with Gasteiger partial charge in [-0.3, -0.25) is 9.59 Å². The van der Waals surface area contributed by atoms with Gasteiger partial charge in [0.05, 0.1) is 10.6 Å². The number of carbonyl (C=O) groups excluding carboxylic acids is 2. The van der Waals surface area contributed by atoms with Crippen molar-refractivity contribution in [1.29, 1.82) is 0 Å². The zero-order chi connectivity index (χ0) is 38.6. The highest BCUT2D eigenvalue weighted by Crippen LogP contribution is 2.32. The number of amides is 1. The minimum Gasteiger partial charge on any atom is -0.361 e. The molecule has 278 valence electrons. The number of tetrazole rings is 1. The van der Waals surface area contributed by atoms with Crippen molar-refractivity contribution in [3.8, 4) is 0 Å². The highest BCUT2D eigenvalue weighted by atomic mass is 35.5. The molecule has 2 aliphatic carbocycles. The van der Waals surface area contributed by atoms with E-state index in [1.807, 2.05) is 55.6 Å². The van der Waals surface area contributed by atoms with Crippen molar-refractivity contribution in [3.05, 3.63) is 186 Å². The number of hydrogen-bond acceptors (Lipinski definition) is 6. The van der Waals surface area contributed by atoms with Crippen LogP contribution in [0.4, 0.5) is 11.4 Å². The Labute approximate surface area is 334 Å². The van der Waals surface area contributed by atoms with Gasteiger partial charge in [0.1, 0.15) is 6.33 Å². The Morgan fingerprint density at radius 1 is 0.857 bits per heavy atom. The molecule has 3 aliphatic rings. The van der Waals surface area contributed by atoms with Gasteiger partial charge in [-0.1, -0.05) is 96.0 Å². The van der Waals surface area contributed by atoms with Gasteiger partial charge in [-0.05, 0) is 135 Å². The van der Waals surface area contributed by atoms with Gasteiger partial charge in [0, 0.05) is 46.2 Å². The Morgan fingerprint density at radius 2 is 1.68 bits per heavy atom. The lowest BCUT2D eigenvalue weighted by Gasteiger charge is -2.25. The molecular formula is C46H38Cl2N6O2. The van der Waals surface area contributed by atoms with E-state index in [1.54, 1.807) is 47.4 Å². The lowest BCUT2D eigenvalue weighted by atomic mass is 9.79.